The number of allylic oxidation sites excluding steroid dienone is 2. The number of carbonyl (C=O) groups excluding carboxylic acids is 2. The molecule has 1 fully saturated rings. The molecule has 1 saturated heterocycles. The summed E-state index contributed by atoms with van der Waals surface area (Å²) in [4.78, 5) is 54.6. The predicted molar refractivity (Wildman–Crippen MR) is 202 cm³/mol. The molecule has 10 nitrogen and oxygen atoms in total. The minimum Gasteiger partial charge on any atom is -0.681 e. The van der Waals surface area contributed by atoms with Gasteiger partial charge in [0.25, 0.3) is 0 Å². The van der Waals surface area contributed by atoms with E-state index in [-0.39, 0.29) is 59.4 Å². The van der Waals surface area contributed by atoms with Gasteiger partial charge < -0.3 is 35.2 Å². The summed E-state index contributed by atoms with van der Waals surface area (Å²) in [5, 5.41) is 27.9. The molecule has 1 unspecified atom stereocenters. The first-order valence-electron chi connectivity index (χ1n) is 17.6. The number of carboxylic acids is 1. The molecule has 268 valence electrons. The Morgan fingerprint density at radius 3 is 2.38 bits per heavy atom. The van der Waals surface area contributed by atoms with Gasteiger partial charge in [-0.2, -0.15) is 5.70 Å². The standard InChI is InChI=1S/C41H44N4O6.Mg/c1-8-11-20(4)14-15-51-34(47)13-12-26-22(6)29-16-28-21(5)24(9-2)31(42-28)18-33-27(19-46)25(10-3)32(43-33)17-30-23(7)35-39(45-30)36(38(26)44-29)37(40(35)48)41(49)50;/h9,14,16-19,22,26,37-38H,2,8,10-13,15H2,1,3-7H3,(H,46,48)(H,49,50);/q-4;+2/b20-14+,29-16-,33-18-;/t22-,26-,37+,38?;/m0./s1. The van der Waals surface area contributed by atoms with Gasteiger partial charge in [0.05, 0.1) is 6.26 Å². The van der Waals surface area contributed by atoms with Gasteiger partial charge in [0.2, 0.25) is 0 Å². The Balaban J connectivity index is 0.00000523. The molecular formula is C41H44MgN4O6-2. The number of fused-ring (bicyclic) bond motifs is 8. The van der Waals surface area contributed by atoms with Crippen molar-refractivity contribution >= 4 is 76.9 Å². The van der Waals surface area contributed by atoms with E-state index in [2.05, 4.69) is 13.5 Å². The van der Waals surface area contributed by atoms with Crippen LogP contribution < -0.4 is 36.2 Å². The van der Waals surface area contributed by atoms with E-state index in [1.165, 1.54) is 0 Å². The van der Waals surface area contributed by atoms with Crippen LogP contribution in [0.25, 0.3) is 41.5 Å². The summed E-state index contributed by atoms with van der Waals surface area (Å²) in [5.41, 5.74) is 7.40. The van der Waals surface area contributed by atoms with Crippen molar-refractivity contribution in [3.05, 3.63) is 95.4 Å². The van der Waals surface area contributed by atoms with Gasteiger partial charge in [0.15, 0.2) is 5.78 Å². The van der Waals surface area contributed by atoms with E-state index in [1.807, 2.05) is 45.9 Å². The Morgan fingerprint density at radius 2 is 1.73 bits per heavy atom. The zero-order chi connectivity index (χ0) is 36.7. The summed E-state index contributed by atoms with van der Waals surface area (Å²) in [6, 6.07) is -0.724. The number of aliphatic hydroxyl groups excluding tert-OH is 1. The fourth-order valence-electron chi connectivity index (χ4n) is 7.87. The third kappa shape index (κ3) is 6.76. The van der Waals surface area contributed by atoms with Gasteiger partial charge in [-0.1, -0.05) is 92.0 Å². The number of hydrogen-bond acceptors (Lipinski definition) is 5. The molecule has 2 N–H and O–H groups in total. The summed E-state index contributed by atoms with van der Waals surface area (Å²) < 4.78 is 5.55. The first-order valence-corrected chi connectivity index (χ1v) is 17.6. The molecule has 2 aliphatic heterocycles. The largest absolute Gasteiger partial charge is 2.00 e. The van der Waals surface area contributed by atoms with Crippen LogP contribution in [-0.4, -0.2) is 63.6 Å². The van der Waals surface area contributed by atoms with E-state index in [9.17, 15) is 24.6 Å². The second kappa shape index (κ2) is 15.6. The summed E-state index contributed by atoms with van der Waals surface area (Å²) in [5.74, 6) is -4.12. The summed E-state index contributed by atoms with van der Waals surface area (Å²) in [6.45, 7) is 16.0. The molecule has 0 radical (unpaired) electrons. The number of carboxylic acid groups (broad SMARTS) is 1. The summed E-state index contributed by atoms with van der Waals surface area (Å²) in [7, 11) is 0. The van der Waals surface area contributed by atoms with Gasteiger partial charge in [-0.25, -0.2) is 0 Å². The van der Waals surface area contributed by atoms with Gasteiger partial charge in [0.1, 0.15) is 12.5 Å². The number of ether oxygens (including phenoxy) is 1. The van der Waals surface area contributed by atoms with Crippen LogP contribution in [0.4, 0.5) is 0 Å². The first kappa shape index (κ1) is 38.7. The SMILES string of the molecule is C=Cc1c2[n-]c(c1C)/C=C1\[N-]C(C3=c4[n-]/c(c(C)c4C(=O)[C@@H]3C(=O)O)=C\c3[n-]c(/c(=C\O)c3CC)=C\2)[C@@H](CCC(=O)OC/C=C(\C)CCC)[C@@H]1C.[Mg+2]. The normalized spacial score (nSPS) is 23.2. The molecule has 6 rings (SSSR count). The smallest absolute Gasteiger partial charge is 0.681 e. The molecule has 1 aliphatic carbocycles. The molecule has 8 bridgehead atoms. The van der Waals surface area contributed by atoms with Crippen LogP contribution in [0, 0.1) is 31.6 Å². The van der Waals surface area contributed by atoms with Gasteiger partial charge in [-0.05, 0) is 68.7 Å². The van der Waals surface area contributed by atoms with Gasteiger partial charge in [-0.15, -0.1) is 33.1 Å². The average molecular weight is 713 g/mol. The van der Waals surface area contributed by atoms with Crippen molar-refractivity contribution in [3.8, 4) is 0 Å². The number of aromatic nitrogens is 3. The molecule has 3 aliphatic rings. The number of rotatable bonds is 10. The van der Waals surface area contributed by atoms with E-state index in [0.29, 0.717) is 68.0 Å². The maximum Gasteiger partial charge on any atom is 2.00 e. The van der Waals surface area contributed by atoms with Crippen LogP contribution in [0.3, 0.4) is 0 Å². The Bertz CT molecular complexity index is 2270. The van der Waals surface area contributed by atoms with Crippen molar-refractivity contribution in [2.24, 2.45) is 17.8 Å². The molecule has 0 spiro atoms. The van der Waals surface area contributed by atoms with Crippen molar-refractivity contribution in [2.75, 3.05) is 6.61 Å². The Labute approximate surface area is 319 Å². The topological polar surface area (TPSA) is 157 Å². The second-order valence-corrected chi connectivity index (χ2v) is 13.7. The Morgan fingerprint density at radius 1 is 1.00 bits per heavy atom. The van der Waals surface area contributed by atoms with Crippen molar-refractivity contribution in [1.29, 1.82) is 0 Å². The minimum atomic E-state index is -1.45. The van der Waals surface area contributed by atoms with Crippen LogP contribution in [0.5, 0.6) is 0 Å². The molecule has 3 aromatic heterocycles. The molecule has 11 heteroatoms. The third-order valence-corrected chi connectivity index (χ3v) is 10.7. The number of Topliss-reactive ketones (excluding diaryl/α,β-unsaturated/α-hetero) is 1. The Hall–Kier alpha value is -4.48. The molecule has 4 atom stereocenters. The number of nitrogens with zero attached hydrogens (tertiary/aromatic N) is 4. The molecule has 5 heterocycles. The molecular weight excluding hydrogens is 669 g/mol. The first-order chi connectivity index (χ1) is 24.4. The maximum absolute atomic E-state index is 14.0. The average Bonchev–Trinajstić information content (AvgIpc) is 3.84. The molecule has 0 saturated carbocycles. The van der Waals surface area contributed by atoms with Crippen molar-refractivity contribution in [3.63, 3.8) is 0 Å². The number of ketones is 1. The van der Waals surface area contributed by atoms with E-state index < -0.39 is 23.7 Å². The fourth-order valence-corrected chi connectivity index (χ4v) is 7.87. The van der Waals surface area contributed by atoms with Crippen LogP contribution >= 0.6 is 0 Å². The third-order valence-electron chi connectivity index (χ3n) is 10.7. The van der Waals surface area contributed by atoms with Crippen molar-refractivity contribution in [2.45, 2.75) is 79.7 Å². The van der Waals surface area contributed by atoms with Gasteiger partial charge in [-0.3, -0.25) is 14.4 Å². The van der Waals surface area contributed by atoms with Crippen LogP contribution in [-0.2, 0) is 20.7 Å². The van der Waals surface area contributed by atoms with Gasteiger partial charge in [0, 0.05) is 12.0 Å². The number of carbonyl (C=O) groups is 3. The zero-order valence-electron chi connectivity index (χ0n) is 30.7. The van der Waals surface area contributed by atoms with E-state index >= 15 is 0 Å². The summed E-state index contributed by atoms with van der Waals surface area (Å²) in [6.07, 6.45) is 13.2. The van der Waals surface area contributed by atoms with Crippen molar-refractivity contribution < 1.29 is 29.3 Å². The minimum absolute atomic E-state index is 0. The monoisotopic (exact) mass is 712 g/mol. The second-order valence-electron chi connectivity index (χ2n) is 13.7. The van der Waals surface area contributed by atoms with Crippen molar-refractivity contribution in [1.82, 2.24) is 15.0 Å². The predicted octanol–water partition coefficient (Wildman–Crippen LogP) is 3.43. The quantitative estimate of drug-likeness (QED) is 0.139. The van der Waals surface area contributed by atoms with E-state index in [1.54, 1.807) is 19.1 Å². The number of hydrogen-bond donors (Lipinski definition) is 2. The van der Waals surface area contributed by atoms with E-state index in [0.717, 1.165) is 41.4 Å². The molecule has 0 aromatic carbocycles. The van der Waals surface area contributed by atoms with E-state index in [4.69, 9.17) is 25.0 Å². The Kier molecular flexibility index (Phi) is 11.6. The van der Waals surface area contributed by atoms with Crippen LogP contribution in [0.15, 0.2) is 23.9 Å². The summed E-state index contributed by atoms with van der Waals surface area (Å²) >= 11 is 0. The van der Waals surface area contributed by atoms with Crippen LogP contribution in [0.1, 0.15) is 103 Å². The zero-order valence-corrected chi connectivity index (χ0v) is 32.2. The number of aliphatic hydroxyl groups is 1. The molecule has 52 heavy (non-hydrogen) atoms. The van der Waals surface area contributed by atoms with Crippen LogP contribution in [0.2, 0.25) is 0 Å². The fraction of sp³-hybridized carbons (Fsp3) is 0.390. The molecule has 3 aromatic rings. The van der Waals surface area contributed by atoms with Gasteiger partial charge >= 0.3 is 35.0 Å². The molecule has 0 amide bonds. The number of aliphatic carboxylic acids is 1. The maximum atomic E-state index is 14.0. The number of esters is 1.